The highest BCUT2D eigenvalue weighted by atomic mass is 32.1. The molecule has 2 heterocycles. The Hall–Kier alpha value is -3.24. The van der Waals surface area contributed by atoms with Crippen LogP contribution in [0, 0.1) is 35.3 Å². The molecular weight excluding hydrogens is 386 g/mol. The van der Waals surface area contributed by atoms with Gasteiger partial charge in [0.05, 0.1) is 22.3 Å². The van der Waals surface area contributed by atoms with E-state index in [4.69, 9.17) is 4.42 Å². The Bertz CT molecular complexity index is 1180. The van der Waals surface area contributed by atoms with Crippen LogP contribution >= 0.6 is 11.3 Å². The molecule has 0 aliphatic heterocycles. The first-order chi connectivity index (χ1) is 14.0. The monoisotopic (exact) mass is 405 g/mol. The molecule has 4 rings (SSSR count). The first-order valence-corrected chi connectivity index (χ1v) is 10.2. The van der Waals surface area contributed by atoms with Crippen molar-refractivity contribution in [2.75, 3.05) is 0 Å². The number of nitriles is 1. The van der Waals surface area contributed by atoms with Crippen LogP contribution in [0.5, 0.6) is 0 Å². The van der Waals surface area contributed by atoms with E-state index in [2.05, 4.69) is 11.1 Å². The zero-order valence-corrected chi connectivity index (χ0v) is 17.0. The Labute approximate surface area is 172 Å². The number of hydrogen-bond acceptors (Lipinski definition) is 6. The quantitative estimate of drug-likeness (QED) is 0.301. The van der Waals surface area contributed by atoms with Gasteiger partial charge in [-0.2, -0.15) is 5.26 Å². The zero-order valence-electron chi connectivity index (χ0n) is 16.2. The summed E-state index contributed by atoms with van der Waals surface area (Å²) in [5.74, 6) is 0.912. The largest absolute Gasteiger partial charge is 0.455 e. The third-order valence-electron chi connectivity index (χ3n) is 5.27. The van der Waals surface area contributed by atoms with Gasteiger partial charge in [0.2, 0.25) is 0 Å². The molecule has 146 valence electrons. The van der Waals surface area contributed by atoms with E-state index >= 15 is 0 Å². The van der Waals surface area contributed by atoms with Gasteiger partial charge in [-0.05, 0) is 74.4 Å². The van der Waals surface area contributed by atoms with Crippen molar-refractivity contribution in [3.63, 3.8) is 0 Å². The second kappa shape index (κ2) is 7.64. The summed E-state index contributed by atoms with van der Waals surface area (Å²) in [5, 5.41) is 21.7. The number of thiophene rings is 1. The molecule has 0 spiro atoms. The van der Waals surface area contributed by atoms with Gasteiger partial charge in [-0.25, -0.2) is 4.99 Å². The lowest BCUT2D eigenvalue weighted by Crippen LogP contribution is -1.99. The molecule has 0 fully saturated rings. The molecule has 2 aromatic heterocycles. The molecule has 0 saturated heterocycles. The van der Waals surface area contributed by atoms with Crippen molar-refractivity contribution in [2.24, 2.45) is 4.99 Å². The lowest BCUT2D eigenvalue weighted by atomic mass is 9.96. The summed E-state index contributed by atoms with van der Waals surface area (Å²) in [4.78, 5) is 16.8. The lowest BCUT2D eigenvalue weighted by Gasteiger charge is -2.09. The molecule has 1 aliphatic carbocycles. The normalized spacial score (nSPS) is 13.4. The number of rotatable bonds is 4. The van der Waals surface area contributed by atoms with Crippen molar-refractivity contribution in [3.05, 3.63) is 67.3 Å². The maximum atomic E-state index is 11.5. The van der Waals surface area contributed by atoms with E-state index < -0.39 is 4.92 Å². The Morgan fingerprint density at radius 2 is 2.00 bits per heavy atom. The summed E-state index contributed by atoms with van der Waals surface area (Å²) in [6.07, 6.45) is 5.78. The molecule has 29 heavy (non-hydrogen) atoms. The van der Waals surface area contributed by atoms with Crippen molar-refractivity contribution in [3.8, 4) is 17.4 Å². The number of aliphatic imine (C=N–C) groups is 1. The van der Waals surface area contributed by atoms with E-state index in [1.165, 1.54) is 4.88 Å². The van der Waals surface area contributed by atoms with Crippen molar-refractivity contribution in [1.82, 2.24) is 0 Å². The second-order valence-corrected chi connectivity index (χ2v) is 8.26. The molecule has 3 aromatic rings. The SMILES string of the molecule is Cc1cc(-c2ccc(/C=N/c3sc4c(c3C#N)CCCC4)o2)c([N+](=O)[O-])cc1C. The number of nitrogens with zero attached hydrogens (tertiary/aromatic N) is 3. The Morgan fingerprint density at radius 1 is 1.24 bits per heavy atom. The molecule has 6 nitrogen and oxygen atoms in total. The van der Waals surface area contributed by atoms with Gasteiger partial charge in [-0.1, -0.05) is 0 Å². The highest BCUT2D eigenvalue weighted by Gasteiger charge is 2.21. The fourth-order valence-electron chi connectivity index (χ4n) is 3.60. The summed E-state index contributed by atoms with van der Waals surface area (Å²) >= 11 is 1.57. The zero-order chi connectivity index (χ0) is 20.5. The Kier molecular flexibility index (Phi) is 5.03. The molecule has 0 N–H and O–H groups in total. The third kappa shape index (κ3) is 3.59. The van der Waals surface area contributed by atoms with Crippen LogP contribution in [-0.4, -0.2) is 11.1 Å². The van der Waals surface area contributed by atoms with Gasteiger partial charge in [0.25, 0.3) is 5.69 Å². The Balaban J connectivity index is 1.67. The average Bonchev–Trinajstić information content (AvgIpc) is 3.31. The summed E-state index contributed by atoms with van der Waals surface area (Å²) < 4.78 is 5.82. The van der Waals surface area contributed by atoms with Crippen LogP contribution in [0.3, 0.4) is 0 Å². The van der Waals surface area contributed by atoms with E-state index in [0.717, 1.165) is 42.4 Å². The van der Waals surface area contributed by atoms with Gasteiger partial charge < -0.3 is 4.42 Å². The Morgan fingerprint density at radius 3 is 2.76 bits per heavy atom. The molecule has 7 heteroatoms. The van der Waals surface area contributed by atoms with Crippen molar-refractivity contribution in [2.45, 2.75) is 39.5 Å². The first kappa shape index (κ1) is 19.1. The fourth-order valence-corrected chi connectivity index (χ4v) is 4.78. The van der Waals surface area contributed by atoms with Gasteiger partial charge in [0.15, 0.2) is 0 Å². The molecular formula is C22H19N3O3S. The predicted octanol–water partition coefficient (Wildman–Crippen LogP) is 6.03. The van der Waals surface area contributed by atoms with Gasteiger partial charge in [-0.15, -0.1) is 11.3 Å². The maximum Gasteiger partial charge on any atom is 0.280 e. The number of fused-ring (bicyclic) bond motifs is 1. The lowest BCUT2D eigenvalue weighted by molar-refractivity contribution is -0.384. The minimum Gasteiger partial charge on any atom is -0.455 e. The summed E-state index contributed by atoms with van der Waals surface area (Å²) in [6, 6.07) is 9.08. The number of aryl methyl sites for hydroxylation is 3. The number of furan rings is 1. The standard InChI is InChI=1S/C22H19N3O3S/c1-13-9-17(19(25(26)27)10-14(13)2)20-8-7-15(28-20)12-24-22-18(11-23)16-5-3-4-6-21(16)29-22/h7-10,12H,3-6H2,1-2H3/b24-12+. The van der Waals surface area contributed by atoms with Crippen LogP contribution in [0.1, 0.15) is 45.7 Å². The van der Waals surface area contributed by atoms with Crippen LogP contribution < -0.4 is 0 Å². The highest BCUT2D eigenvalue weighted by Crippen LogP contribution is 2.39. The van der Waals surface area contributed by atoms with Crippen LogP contribution in [0.15, 0.2) is 33.7 Å². The fraction of sp³-hybridized carbons (Fsp3) is 0.273. The topological polar surface area (TPSA) is 92.4 Å². The molecule has 0 saturated carbocycles. The van der Waals surface area contributed by atoms with Crippen LogP contribution in [0.25, 0.3) is 11.3 Å². The van der Waals surface area contributed by atoms with E-state index in [1.807, 2.05) is 13.8 Å². The molecule has 0 amide bonds. The average molecular weight is 405 g/mol. The van der Waals surface area contributed by atoms with Crippen LogP contribution in [0.2, 0.25) is 0 Å². The van der Waals surface area contributed by atoms with Crippen molar-refractivity contribution in [1.29, 1.82) is 5.26 Å². The molecule has 0 atom stereocenters. The molecule has 1 aliphatic rings. The summed E-state index contributed by atoms with van der Waals surface area (Å²) in [5.41, 5.74) is 4.09. The predicted molar refractivity (Wildman–Crippen MR) is 113 cm³/mol. The van der Waals surface area contributed by atoms with Crippen LogP contribution in [0.4, 0.5) is 10.7 Å². The number of benzene rings is 1. The van der Waals surface area contributed by atoms with Crippen LogP contribution in [-0.2, 0) is 12.8 Å². The van der Waals surface area contributed by atoms with E-state index in [9.17, 15) is 15.4 Å². The van der Waals surface area contributed by atoms with E-state index in [0.29, 0.717) is 27.6 Å². The second-order valence-electron chi connectivity index (χ2n) is 7.17. The molecule has 1 aromatic carbocycles. The van der Waals surface area contributed by atoms with Gasteiger partial charge in [0, 0.05) is 10.9 Å². The minimum atomic E-state index is -0.395. The third-order valence-corrected chi connectivity index (χ3v) is 6.47. The minimum absolute atomic E-state index is 0.0173. The van der Waals surface area contributed by atoms with E-state index in [-0.39, 0.29) is 5.69 Å². The van der Waals surface area contributed by atoms with E-state index in [1.54, 1.807) is 41.8 Å². The van der Waals surface area contributed by atoms with Gasteiger partial charge in [0.1, 0.15) is 22.6 Å². The molecule has 0 unspecified atom stereocenters. The smallest absolute Gasteiger partial charge is 0.280 e. The summed E-state index contributed by atoms with van der Waals surface area (Å²) in [7, 11) is 0. The van der Waals surface area contributed by atoms with Crippen molar-refractivity contribution < 1.29 is 9.34 Å². The highest BCUT2D eigenvalue weighted by molar-refractivity contribution is 7.16. The first-order valence-electron chi connectivity index (χ1n) is 9.42. The maximum absolute atomic E-state index is 11.5. The van der Waals surface area contributed by atoms with Gasteiger partial charge in [-0.3, -0.25) is 10.1 Å². The number of hydrogen-bond donors (Lipinski definition) is 0. The number of nitro benzene ring substituents is 1. The van der Waals surface area contributed by atoms with Crippen molar-refractivity contribution >= 4 is 28.2 Å². The summed E-state index contributed by atoms with van der Waals surface area (Å²) in [6.45, 7) is 3.76. The number of nitro groups is 1. The molecule has 0 bridgehead atoms. The van der Waals surface area contributed by atoms with Gasteiger partial charge >= 0.3 is 0 Å². The molecule has 0 radical (unpaired) electrons.